The van der Waals surface area contributed by atoms with Crippen LogP contribution in [0.15, 0.2) is 54.6 Å². The number of hydrogen-bond acceptors (Lipinski definition) is 2. The van der Waals surface area contributed by atoms with Gasteiger partial charge in [0, 0.05) is 24.7 Å². The van der Waals surface area contributed by atoms with Crippen LogP contribution in [0.25, 0.3) is 0 Å². The predicted octanol–water partition coefficient (Wildman–Crippen LogP) is 2.96. The molecule has 0 saturated carbocycles. The summed E-state index contributed by atoms with van der Waals surface area (Å²) in [5, 5.41) is 3.10. The Labute approximate surface area is 148 Å². The molecule has 0 atom stereocenters. The fourth-order valence-corrected chi connectivity index (χ4v) is 3.17. The molecule has 2 aromatic carbocycles. The van der Waals surface area contributed by atoms with E-state index in [1.165, 1.54) is 0 Å². The number of nitrogens with one attached hydrogen (secondary N) is 1. The number of carbonyl (C=O) groups excluding carboxylic acids is 2. The first-order valence-corrected chi connectivity index (χ1v) is 8.81. The zero-order chi connectivity index (χ0) is 17.6. The lowest BCUT2D eigenvalue weighted by atomic mass is 10.0. The second kappa shape index (κ2) is 7.97. The molecule has 130 valence electrons. The first-order chi connectivity index (χ1) is 12.1. The molecule has 0 unspecified atom stereocenters. The number of aryl methyl sites for hydroxylation is 1. The first-order valence-electron chi connectivity index (χ1n) is 8.81. The van der Waals surface area contributed by atoms with Crippen molar-refractivity contribution in [1.29, 1.82) is 0 Å². The van der Waals surface area contributed by atoms with E-state index < -0.39 is 0 Å². The molecule has 1 heterocycles. The minimum atomic E-state index is 0.0505. The van der Waals surface area contributed by atoms with Gasteiger partial charge in [0.1, 0.15) is 0 Å². The molecule has 25 heavy (non-hydrogen) atoms. The third-order valence-corrected chi connectivity index (χ3v) is 4.65. The van der Waals surface area contributed by atoms with Gasteiger partial charge < -0.3 is 10.2 Å². The maximum absolute atomic E-state index is 12.5. The minimum Gasteiger partial charge on any atom is -0.353 e. The van der Waals surface area contributed by atoms with Gasteiger partial charge in [0.25, 0.3) is 5.91 Å². The van der Waals surface area contributed by atoms with Crippen LogP contribution in [-0.4, -0.2) is 35.8 Å². The van der Waals surface area contributed by atoms with Crippen LogP contribution in [0.4, 0.5) is 0 Å². The molecule has 4 nitrogen and oxygen atoms in total. The summed E-state index contributed by atoms with van der Waals surface area (Å²) in [7, 11) is 0. The molecular weight excluding hydrogens is 312 g/mol. The second-order valence-corrected chi connectivity index (χ2v) is 6.66. The third-order valence-electron chi connectivity index (χ3n) is 4.65. The molecule has 4 heteroatoms. The van der Waals surface area contributed by atoms with E-state index in [4.69, 9.17) is 0 Å². The van der Waals surface area contributed by atoms with Crippen LogP contribution in [0.1, 0.15) is 34.3 Å². The van der Waals surface area contributed by atoms with E-state index in [2.05, 4.69) is 5.32 Å². The number of nitrogens with zero attached hydrogens (tertiary/aromatic N) is 1. The maximum Gasteiger partial charge on any atom is 0.253 e. The average Bonchev–Trinajstić information content (AvgIpc) is 2.63. The van der Waals surface area contributed by atoms with Crippen molar-refractivity contribution in [2.24, 2.45) is 0 Å². The van der Waals surface area contributed by atoms with Gasteiger partial charge in [-0.05, 0) is 37.5 Å². The number of carbonyl (C=O) groups is 2. The van der Waals surface area contributed by atoms with Gasteiger partial charge in [-0.2, -0.15) is 0 Å². The Kier molecular flexibility index (Phi) is 5.49. The van der Waals surface area contributed by atoms with Gasteiger partial charge >= 0.3 is 0 Å². The molecule has 0 spiro atoms. The van der Waals surface area contributed by atoms with Crippen molar-refractivity contribution in [3.05, 3.63) is 71.3 Å². The van der Waals surface area contributed by atoms with Gasteiger partial charge in [-0.3, -0.25) is 9.59 Å². The maximum atomic E-state index is 12.5. The van der Waals surface area contributed by atoms with Gasteiger partial charge in [-0.25, -0.2) is 0 Å². The summed E-state index contributed by atoms with van der Waals surface area (Å²) in [6.45, 7) is 3.38. The van der Waals surface area contributed by atoms with Gasteiger partial charge in [-0.15, -0.1) is 0 Å². The van der Waals surface area contributed by atoms with E-state index in [9.17, 15) is 9.59 Å². The van der Waals surface area contributed by atoms with Crippen molar-refractivity contribution >= 4 is 11.8 Å². The SMILES string of the molecule is Cc1ccc(C(=O)N2CCC(NC(=O)Cc3ccccc3)CC2)cc1. The van der Waals surface area contributed by atoms with Gasteiger partial charge in [0.15, 0.2) is 0 Å². The summed E-state index contributed by atoms with van der Waals surface area (Å²) in [6.07, 6.45) is 2.01. The normalized spacial score (nSPS) is 15.0. The van der Waals surface area contributed by atoms with E-state index in [0.717, 1.165) is 29.5 Å². The molecule has 0 radical (unpaired) electrons. The van der Waals surface area contributed by atoms with Gasteiger partial charge in [0.05, 0.1) is 6.42 Å². The van der Waals surface area contributed by atoms with E-state index in [0.29, 0.717) is 19.5 Å². The molecular formula is C21H24N2O2. The largest absolute Gasteiger partial charge is 0.353 e. The van der Waals surface area contributed by atoms with Crippen LogP contribution in [0, 0.1) is 6.92 Å². The summed E-state index contributed by atoms with van der Waals surface area (Å²) in [5.74, 6) is 0.128. The van der Waals surface area contributed by atoms with E-state index in [-0.39, 0.29) is 17.9 Å². The lowest BCUT2D eigenvalue weighted by Gasteiger charge is -2.32. The van der Waals surface area contributed by atoms with Crippen LogP contribution < -0.4 is 5.32 Å². The second-order valence-electron chi connectivity index (χ2n) is 6.66. The third kappa shape index (κ3) is 4.69. The lowest BCUT2D eigenvalue weighted by Crippen LogP contribution is -2.46. The molecule has 1 N–H and O–H groups in total. The van der Waals surface area contributed by atoms with E-state index in [1.807, 2.05) is 66.4 Å². The lowest BCUT2D eigenvalue weighted by molar-refractivity contribution is -0.121. The first kappa shape index (κ1) is 17.2. The molecule has 2 amide bonds. The minimum absolute atomic E-state index is 0.0505. The van der Waals surface area contributed by atoms with Crippen molar-refractivity contribution in [3.8, 4) is 0 Å². The number of amides is 2. The molecule has 3 rings (SSSR count). The number of likely N-dealkylation sites (tertiary alicyclic amines) is 1. The summed E-state index contributed by atoms with van der Waals surface area (Å²) < 4.78 is 0. The molecule has 1 saturated heterocycles. The standard InChI is InChI=1S/C21H24N2O2/c1-16-7-9-18(10-8-16)21(25)23-13-11-19(12-14-23)22-20(24)15-17-5-3-2-4-6-17/h2-10,19H,11-15H2,1H3,(H,22,24). The molecule has 1 aliphatic rings. The van der Waals surface area contributed by atoms with Gasteiger partial charge in [0.2, 0.25) is 5.91 Å². The summed E-state index contributed by atoms with van der Waals surface area (Å²) >= 11 is 0. The van der Waals surface area contributed by atoms with Crippen LogP contribution in [0.5, 0.6) is 0 Å². The summed E-state index contributed by atoms with van der Waals surface area (Å²) in [4.78, 5) is 26.6. The highest BCUT2D eigenvalue weighted by Gasteiger charge is 2.24. The Hall–Kier alpha value is -2.62. The van der Waals surface area contributed by atoms with Crippen LogP contribution in [0.2, 0.25) is 0 Å². The van der Waals surface area contributed by atoms with E-state index in [1.54, 1.807) is 0 Å². The van der Waals surface area contributed by atoms with Gasteiger partial charge in [-0.1, -0.05) is 48.0 Å². The Bertz CT molecular complexity index is 717. The Morgan fingerprint density at radius 1 is 1.00 bits per heavy atom. The predicted molar refractivity (Wildman–Crippen MR) is 98.4 cm³/mol. The molecule has 0 bridgehead atoms. The fourth-order valence-electron chi connectivity index (χ4n) is 3.17. The Balaban J connectivity index is 1.47. The number of rotatable bonds is 4. The number of hydrogen-bond donors (Lipinski definition) is 1. The van der Waals surface area contributed by atoms with Crippen molar-refractivity contribution in [1.82, 2.24) is 10.2 Å². The highest BCUT2D eigenvalue weighted by molar-refractivity contribution is 5.94. The van der Waals surface area contributed by atoms with Crippen LogP contribution in [-0.2, 0) is 11.2 Å². The zero-order valence-electron chi connectivity index (χ0n) is 14.6. The smallest absolute Gasteiger partial charge is 0.253 e. The summed E-state index contributed by atoms with van der Waals surface area (Å²) in [5.41, 5.74) is 2.90. The molecule has 0 aromatic heterocycles. The Morgan fingerprint density at radius 2 is 1.64 bits per heavy atom. The van der Waals surface area contributed by atoms with Crippen molar-refractivity contribution in [2.45, 2.75) is 32.2 Å². The fraction of sp³-hybridized carbons (Fsp3) is 0.333. The van der Waals surface area contributed by atoms with E-state index >= 15 is 0 Å². The van der Waals surface area contributed by atoms with Crippen LogP contribution >= 0.6 is 0 Å². The highest BCUT2D eigenvalue weighted by atomic mass is 16.2. The zero-order valence-corrected chi connectivity index (χ0v) is 14.6. The quantitative estimate of drug-likeness (QED) is 0.933. The molecule has 0 aliphatic carbocycles. The number of piperidine rings is 1. The summed E-state index contributed by atoms with van der Waals surface area (Å²) in [6, 6.07) is 17.6. The highest BCUT2D eigenvalue weighted by Crippen LogP contribution is 2.15. The van der Waals surface area contributed by atoms with Crippen molar-refractivity contribution in [2.75, 3.05) is 13.1 Å². The van der Waals surface area contributed by atoms with Crippen molar-refractivity contribution in [3.63, 3.8) is 0 Å². The monoisotopic (exact) mass is 336 g/mol. The average molecular weight is 336 g/mol. The van der Waals surface area contributed by atoms with Crippen molar-refractivity contribution < 1.29 is 9.59 Å². The molecule has 2 aromatic rings. The van der Waals surface area contributed by atoms with Crippen LogP contribution in [0.3, 0.4) is 0 Å². The number of benzene rings is 2. The molecule has 1 aliphatic heterocycles. The Morgan fingerprint density at radius 3 is 2.28 bits per heavy atom. The molecule has 1 fully saturated rings. The topological polar surface area (TPSA) is 49.4 Å².